The van der Waals surface area contributed by atoms with Gasteiger partial charge < -0.3 is 5.32 Å². The second kappa shape index (κ2) is 7.31. The van der Waals surface area contributed by atoms with Crippen molar-refractivity contribution in [3.8, 4) is 0 Å². The SMILES string of the molecule is CNC(CSc1ccccc1)Cc1cccc(F)c1. The third kappa shape index (κ3) is 4.69. The molecule has 0 spiro atoms. The van der Waals surface area contributed by atoms with Gasteiger partial charge in [-0.15, -0.1) is 11.8 Å². The van der Waals surface area contributed by atoms with Crippen LogP contribution in [0.1, 0.15) is 5.56 Å². The van der Waals surface area contributed by atoms with Crippen LogP contribution in [-0.2, 0) is 6.42 Å². The molecule has 0 fully saturated rings. The number of likely N-dealkylation sites (N-methyl/N-ethyl adjacent to an activating group) is 1. The number of nitrogens with one attached hydrogen (secondary N) is 1. The zero-order chi connectivity index (χ0) is 13.5. The van der Waals surface area contributed by atoms with Crippen molar-refractivity contribution >= 4 is 11.8 Å². The van der Waals surface area contributed by atoms with Crippen molar-refractivity contribution in [3.63, 3.8) is 0 Å². The monoisotopic (exact) mass is 275 g/mol. The number of thioether (sulfide) groups is 1. The Balaban J connectivity index is 1.90. The largest absolute Gasteiger partial charge is 0.316 e. The van der Waals surface area contributed by atoms with Gasteiger partial charge in [0.1, 0.15) is 5.82 Å². The van der Waals surface area contributed by atoms with Crippen molar-refractivity contribution in [2.75, 3.05) is 12.8 Å². The third-order valence-electron chi connectivity index (χ3n) is 2.97. The summed E-state index contributed by atoms with van der Waals surface area (Å²) in [7, 11) is 1.95. The second-order valence-corrected chi connectivity index (χ2v) is 5.54. The summed E-state index contributed by atoms with van der Waals surface area (Å²) in [5, 5.41) is 3.30. The average molecular weight is 275 g/mol. The highest BCUT2D eigenvalue weighted by atomic mass is 32.2. The fraction of sp³-hybridized carbons (Fsp3) is 0.250. The van der Waals surface area contributed by atoms with E-state index in [4.69, 9.17) is 0 Å². The maximum absolute atomic E-state index is 13.1. The van der Waals surface area contributed by atoms with Gasteiger partial charge in [-0.05, 0) is 43.3 Å². The van der Waals surface area contributed by atoms with Crippen LogP contribution in [0.25, 0.3) is 0 Å². The van der Waals surface area contributed by atoms with Gasteiger partial charge in [0.05, 0.1) is 0 Å². The molecule has 0 aromatic heterocycles. The van der Waals surface area contributed by atoms with Crippen molar-refractivity contribution in [1.82, 2.24) is 5.32 Å². The highest BCUT2D eigenvalue weighted by Crippen LogP contribution is 2.19. The summed E-state index contributed by atoms with van der Waals surface area (Å²) in [6.45, 7) is 0. The van der Waals surface area contributed by atoms with E-state index >= 15 is 0 Å². The molecule has 0 saturated heterocycles. The summed E-state index contributed by atoms with van der Waals surface area (Å²) >= 11 is 1.82. The summed E-state index contributed by atoms with van der Waals surface area (Å²) in [6.07, 6.45) is 0.841. The molecule has 0 aliphatic rings. The maximum atomic E-state index is 13.1. The first kappa shape index (κ1) is 14.1. The number of hydrogen-bond acceptors (Lipinski definition) is 2. The minimum atomic E-state index is -0.164. The Kier molecular flexibility index (Phi) is 5.43. The van der Waals surface area contributed by atoms with Gasteiger partial charge in [-0.3, -0.25) is 0 Å². The maximum Gasteiger partial charge on any atom is 0.123 e. The minimum Gasteiger partial charge on any atom is -0.316 e. The molecule has 1 unspecified atom stereocenters. The van der Waals surface area contributed by atoms with Gasteiger partial charge in [-0.25, -0.2) is 4.39 Å². The van der Waals surface area contributed by atoms with Crippen LogP contribution in [0, 0.1) is 5.82 Å². The van der Waals surface area contributed by atoms with Crippen LogP contribution < -0.4 is 5.32 Å². The van der Waals surface area contributed by atoms with Crippen LogP contribution in [0.2, 0.25) is 0 Å². The molecule has 1 atom stereocenters. The molecule has 3 heteroatoms. The lowest BCUT2D eigenvalue weighted by Crippen LogP contribution is -2.30. The number of benzene rings is 2. The smallest absolute Gasteiger partial charge is 0.123 e. The molecule has 0 bridgehead atoms. The van der Waals surface area contributed by atoms with Gasteiger partial charge in [0.25, 0.3) is 0 Å². The topological polar surface area (TPSA) is 12.0 Å². The Morgan fingerprint density at radius 2 is 1.89 bits per heavy atom. The van der Waals surface area contributed by atoms with Crippen LogP contribution in [0.15, 0.2) is 59.5 Å². The van der Waals surface area contributed by atoms with Crippen molar-refractivity contribution in [2.45, 2.75) is 17.4 Å². The van der Waals surface area contributed by atoms with Crippen molar-refractivity contribution in [3.05, 3.63) is 66.0 Å². The Hall–Kier alpha value is -1.32. The van der Waals surface area contributed by atoms with Crippen LogP contribution in [0.3, 0.4) is 0 Å². The molecule has 2 aromatic rings. The van der Waals surface area contributed by atoms with E-state index in [0.29, 0.717) is 6.04 Å². The van der Waals surface area contributed by atoms with Gasteiger partial charge in [0.15, 0.2) is 0 Å². The fourth-order valence-corrected chi connectivity index (χ4v) is 2.93. The average Bonchev–Trinajstić information content (AvgIpc) is 2.44. The molecule has 0 aliphatic heterocycles. The molecule has 100 valence electrons. The Morgan fingerprint density at radius 1 is 1.11 bits per heavy atom. The predicted molar refractivity (Wildman–Crippen MR) is 80.1 cm³/mol. The molecule has 2 aromatic carbocycles. The van der Waals surface area contributed by atoms with E-state index in [1.54, 1.807) is 12.1 Å². The van der Waals surface area contributed by atoms with Gasteiger partial charge in [0, 0.05) is 16.7 Å². The third-order valence-corrected chi connectivity index (χ3v) is 4.15. The van der Waals surface area contributed by atoms with Gasteiger partial charge in [0.2, 0.25) is 0 Å². The second-order valence-electron chi connectivity index (χ2n) is 4.44. The number of rotatable bonds is 6. The first-order valence-corrected chi connectivity index (χ1v) is 7.36. The van der Waals surface area contributed by atoms with E-state index in [1.807, 2.05) is 43.1 Å². The number of halogens is 1. The summed E-state index contributed by atoms with van der Waals surface area (Å²) in [4.78, 5) is 1.27. The van der Waals surface area contributed by atoms with Gasteiger partial charge >= 0.3 is 0 Å². The molecule has 0 amide bonds. The van der Waals surface area contributed by atoms with E-state index in [1.165, 1.54) is 11.0 Å². The lowest BCUT2D eigenvalue weighted by atomic mass is 10.1. The quantitative estimate of drug-likeness (QED) is 0.806. The van der Waals surface area contributed by atoms with Crippen molar-refractivity contribution in [2.24, 2.45) is 0 Å². The summed E-state index contributed by atoms with van der Waals surface area (Å²) < 4.78 is 13.1. The first-order valence-electron chi connectivity index (χ1n) is 6.37. The Morgan fingerprint density at radius 3 is 2.58 bits per heavy atom. The standard InChI is InChI=1S/C16H18FNS/c1-18-15(11-13-6-5-7-14(17)10-13)12-19-16-8-3-2-4-9-16/h2-10,15,18H,11-12H2,1H3. The predicted octanol–water partition coefficient (Wildman–Crippen LogP) is 3.75. The Bertz CT molecular complexity index is 501. The first-order chi connectivity index (χ1) is 9.28. The molecular formula is C16H18FNS. The van der Waals surface area contributed by atoms with Crippen LogP contribution in [-0.4, -0.2) is 18.8 Å². The summed E-state index contributed by atoms with van der Waals surface area (Å²) in [5.41, 5.74) is 1.04. The van der Waals surface area contributed by atoms with Crippen molar-refractivity contribution in [1.29, 1.82) is 0 Å². The lowest BCUT2D eigenvalue weighted by Gasteiger charge is -2.16. The van der Waals surface area contributed by atoms with E-state index in [0.717, 1.165) is 17.7 Å². The van der Waals surface area contributed by atoms with E-state index in [-0.39, 0.29) is 5.82 Å². The Labute approximate surface area is 118 Å². The minimum absolute atomic E-state index is 0.164. The van der Waals surface area contributed by atoms with Gasteiger partial charge in [-0.1, -0.05) is 30.3 Å². The van der Waals surface area contributed by atoms with E-state index in [9.17, 15) is 4.39 Å². The van der Waals surface area contributed by atoms with Crippen LogP contribution >= 0.6 is 11.8 Å². The molecule has 2 rings (SSSR count). The molecule has 1 nitrogen and oxygen atoms in total. The molecule has 0 radical (unpaired) electrons. The molecule has 0 heterocycles. The zero-order valence-corrected chi connectivity index (χ0v) is 11.8. The molecule has 0 aliphatic carbocycles. The lowest BCUT2D eigenvalue weighted by molar-refractivity contribution is 0.602. The summed E-state index contributed by atoms with van der Waals surface area (Å²) in [6, 6.07) is 17.5. The molecule has 19 heavy (non-hydrogen) atoms. The van der Waals surface area contributed by atoms with Crippen LogP contribution in [0.4, 0.5) is 4.39 Å². The zero-order valence-electron chi connectivity index (χ0n) is 11.0. The normalized spacial score (nSPS) is 12.3. The van der Waals surface area contributed by atoms with Gasteiger partial charge in [-0.2, -0.15) is 0 Å². The molecule has 1 N–H and O–H groups in total. The fourth-order valence-electron chi connectivity index (χ4n) is 1.91. The van der Waals surface area contributed by atoms with Crippen molar-refractivity contribution < 1.29 is 4.39 Å². The van der Waals surface area contributed by atoms with E-state index < -0.39 is 0 Å². The summed E-state index contributed by atoms with van der Waals surface area (Å²) in [5.74, 6) is 0.805. The molecule has 0 saturated carbocycles. The highest BCUT2D eigenvalue weighted by molar-refractivity contribution is 7.99. The number of hydrogen-bond donors (Lipinski definition) is 1. The van der Waals surface area contributed by atoms with Crippen LogP contribution in [0.5, 0.6) is 0 Å². The molecular weight excluding hydrogens is 257 g/mol. The highest BCUT2D eigenvalue weighted by Gasteiger charge is 2.08. The van der Waals surface area contributed by atoms with E-state index in [2.05, 4.69) is 17.4 Å².